The quantitative estimate of drug-likeness (QED) is 0.338. The number of likely N-dealkylation sites (tertiary alicyclic amines) is 2. The highest BCUT2D eigenvalue weighted by molar-refractivity contribution is 7.11. The zero-order chi connectivity index (χ0) is 33.6. The second kappa shape index (κ2) is 19.3. The van der Waals surface area contributed by atoms with E-state index in [1.54, 1.807) is 29.6 Å². The number of hydrogen-bond acceptors (Lipinski definition) is 7. The van der Waals surface area contributed by atoms with Crippen molar-refractivity contribution >= 4 is 68.4 Å². The molecule has 4 aliphatic heterocycles. The molecular formula is C36H49ClN4O4S2. The Morgan fingerprint density at radius 3 is 1.51 bits per heavy atom. The topological polar surface area (TPSA) is 90.0 Å². The number of amides is 3. The number of halogens is 1. The van der Waals surface area contributed by atoms with Gasteiger partial charge in [0.2, 0.25) is 11.1 Å². The van der Waals surface area contributed by atoms with Crippen LogP contribution in [0.3, 0.4) is 0 Å². The Labute approximate surface area is 292 Å². The molecule has 2 fully saturated rings. The van der Waals surface area contributed by atoms with Gasteiger partial charge in [-0.15, -0.1) is 22.7 Å². The average Bonchev–Trinajstić information content (AvgIpc) is 3.59. The van der Waals surface area contributed by atoms with E-state index in [2.05, 4.69) is 35.1 Å². The van der Waals surface area contributed by atoms with Crippen LogP contribution < -0.4 is 5.32 Å². The van der Waals surface area contributed by atoms with E-state index in [0.29, 0.717) is 6.54 Å². The maximum Gasteiger partial charge on any atom is 0.254 e. The van der Waals surface area contributed by atoms with Crippen LogP contribution in [-0.2, 0) is 9.59 Å². The van der Waals surface area contributed by atoms with Gasteiger partial charge in [-0.1, -0.05) is 37.8 Å². The summed E-state index contributed by atoms with van der Waals surface area (Å²) in [6.07, 6.45) is 15.8. The molecule has 0 atom stereocenters. The third-order valence-corrected chi connectivity index (χ3v) is 10.8. The number of rotatable bonds is 4. The molecule has 2 aromatic heterocycles. The van der Waals surface area contributed by atoms with Crippen LogP contribution in [0.5, 0.6) is 0 Å². The zero-order valence-corrected chi connectivity index (χ0v) is 30.3. The Morgan fingerprint density at radius 1 is 0.660 bits per heavy atom. The molecule has 0 aliphatic carbocycles. The third-order valence-electron chi connectivity index (χ3n) is 8.83. The Morgan fingerprint density at radius 2 is 1.13 bits per heavy atom. The van der Waals surface area contributed by atoms with Crippen LogP contribution in [0.2, 0.25) is 0 Å². The molecule has 4 aliphatic rings. The molecule has 6 rings (SSSR count). The molecule has 2 saturated heterocycles. The van der Waals surface area contributed by atoms with Crippen molar-refractivity contribution in [1.82, 2.24) is 20.0 Å². The summed E-state index contributed by atoms with van der Waals surface area (Å²) in [5, 5.41) is 6.98. The van der Waals surface area contributed by atoms with Gasteiger partial charge in [-0.2, -0.15) is 0 Å². The largest absolute Gasteiger partial charge is 0.339 e. The summed E-state index contributed by atoms with van der Waals surface area (Å²) in [6, 6.07) is 4.13. The van der Waals surface area contributed by atoms with Crippen molar-refractivity contribution in [2.75, 3.05) is 52.4 Å². The highest BCUT2D eigenvalue weighted by Gasteiger charge is 2.22. The van der Waals surface area contributed by atoms with Crippen LogP contribution in [0, 0.1) is 0 Å². The number of thiophene rings is 2. The first-order valence-corrected chi connectivity index (χ1v) is 19.1. The first kappa shape index (κ1) is 37.0. The monoisotopic (exact) mass is 700 g/mol. The van der Waals surface area contributed by atoms with Gasteiger partial charge in [0.25, 0.3) is 11.8 Å². The summed E-state index contributed by atoms with van der Waals surface area (Å²) < 4.78 is 0. The molecule has 1 N–H and O–H groups in total. The first-order valence-electron chi connectivity index (χ1n) is 17.0. The van der Waals surface area contributed by atoms with E-state index in [0.717, 1.165) is 95.5 Å². The van der Waals surface area contributed by atoms with Gasteiger partial charge in [0, 0.05) is 80.2 Å². The van der Waals surface area contributed by atoms with Crippen molar-refractivity contribution in [1.29, 1.82) is 0 Å². The van der Waals surface area contributed by atoms with Gasteiger partial charge in [-0.3, -0.25) is 19.2 Å². The molecule has 0 aromatic carbocycles. The van der Waals surface area contributed by atoms with Crippen LogP contribution in [-0.4, -0.2) is 90.0 Å². The molecule has 0 spiro atoms. The number of carbonyl (C=O) groups excluding carboxylic acids is 4. The van der Waals surface area contributed by atoms with Crippen molar-refractivity contribution in [3.8, 4) is 0 Å². The summed E-state index contributed by atoms with van der Waals surface area (Å²) in [7, 11) is 0. The standard InChI is InChI=1S/C18H24N2O2S.C16H22N2OS.C2H3ClO/c1-14(21)19-10-6-15(7-11-19)17-12-16(13-23-17)18(22)20-8-4-2-3-5-9-20;19-16(18-9-3-1-2-4-10-18)14-11-15(20-12-14)13-5-7-17-8-6-13;1-2(3)4/h6,12-13H,2-5,7-11H2,1H3;5,11-12,17H,1-4,6-10H2;1H3. The zero-order valence-electron chi connectivity index (χ0n) is 27.9. The minimum atomic E-state index is -0.361. The molecule has 3 amide bonds. The lowest BCUT2D eigenvalue weighted by atomic mass is 10.1. The molecule has 0 radical (unpaired) electrons. The minimum absolute atomic E-state index is 0.128. The average molecular weight is 701 g/mol. The van der Waals surface area contributed by atoms with Gasteiger partial charge in [0.15, 0.2) is 0 Å². The fraction of sp³-hybridized carbons (Fsp3) is 0.556. The normalized spacial score (nSPS) is 18.7. The van der Waals surface area contributed by atoms with Crippen LogP contribution >= 0.6 is 34.3 Å². The Bertz CT molecular complexity index is 1410. The molecule has 47 heavy (non-hydrogen) atoms. The van der Waals surface area contributed by atoms with Gasteiger partial charge < -0.3 is 20.0 Å². The smallest absolute Gasteiger partial charge is 0.254 e. The molecule has 256 valence electrons. The van der Waals surface area contributed by atoms with Gasteiger partial charge in [0.05, 0.1) is 11.1 Å². The van der Waals surface area contributed by atoms with E-state index in [1.807, 2.05) is 31.5 Å². The molecule has 0 unspecified atom stereocenters. The lowest BCUT2D eigenvalue weighted by molar-refractivity contribution is -0.128. The number of carbonyl (C=O) groups is 4. The van der Waals surface area contributed by atoms with E-state index in [9.17, 15) is 19.2 Å². The molecule has 0 bridgehead atoms. The van der Waals surface area contributed by atoms with Gasteiger partial charge in [0.1, 0.15) is 0 Å². The van der Waals surface area contributed by atoms with Crippen LogP contribution in [0.4, 0.5) is 0 Å². The molecule has 6 heterocycles. The Balaban J connectivity index is 0.000000193. The van der Waals surface area contributed by atoms with Gasteiger partial charge in [-0.05, 0) is 79.9 Å². The van der Waals surface area contributed by atoms with Crippen molar-refractivity contribution in [2.24, 2.45) is 0 Å². The number of nitrogens with zero attached hydrogens (tertiary/aromatic N) is 3. The molecule has 11 heteroatoms. The highest BCUT2D eigenvalue weighted by atomic mass is 35.5. The minimum Gasteiger partial charge on any atom is -0.339 e. The van der Waals surface area contributed by atoms with Crippen LogP contribution in [0.25, 0.3) is 11.1 Å². The maximum absolute atomic E-state index is 12.7. The predicted molar refractivity (Wildman–Crippen MR) is 194 cm³/mol. The van der Waals surface area contributed by atoms with Gasteiger partial charge in [-0.25, -0.2) is 0 Å². The number of nitrogens with one attached hydrogen (secondary N) is 1. The predicted octanol–water partition coefficient (Wildman–Crippen LogP) is 7.31. The molecule has 2 aromatic rings. The van der Waals surface area contributed by atoms with E-state index >= 15 is 0 Å². The lowest BCUT2D eigenvalue weighted by Crippen LogP contribution is -2.32. The fourth-order valence-corrected chi connectivity index (χ4v) is 8.08. The maximum atomic E-state index is 12.7. The summed E-state index contributed by atoms with van der Waals surface area (Å²) in [4.78, 5) is 54.1. The fourth-order valence-electron chi connectivity index (χ4n) is 6.17. The number of hydrogen-bond donors (Lipinski definition) is 1. The van der Waals surface area contributed by atoms with E-state index < -0.39 is 0 Å². The second-order valence-corrected chi connectivity index (χ2v) is 14.8. The Kier molecular flexibility index (Phi) is 15.2. The summed E-state index contributed by atoms with van der Waals surface area (Å²) in [5.74, 6) is 0.531. The SMILES string of the molecule is CC(=O)Cl.CC(=O)N1CC=C(c2cc(C(=O)N3CCCCCC3)cs2)CC1.O=C(c1csc(C2=CCNCC2)c1)N1CCCCCC1. The van der Waals surface area contributed by atoms with Crippen LogP contribution in [0.15, 0.2) is 35.0 Å². The van der Waals surface area contributed by atoms with Crippen molar-refractivity contribution in [2.45, 2.75) is 78.1 Å². The van der Waals surface area contributed by atoms with E-state index in [4.69, 9.17) is 0 Å². The van der Waals surface area contributed by atoms with Crippen molar-refractivity contribution in [3.05, 3.63) is 55.9 Å². The third kappa shape index (κ3) is 11.7. The summed E-state index contributed by atoms with van der Waals surface area (Å²) >= 11 is 7.99. The van der Waals surface area contributed by atoms with Crippen molar-refractivity contribution < 1.29 is 19.2 Å². The Hall–Kier alpha value is -2.79. The summed E-state index contributed by atoms with van der Waals surface area (Å²) in [6.45, 7) is 9.98. The molecule has 8 nitrogen and oxygen atoms in total. The second-order valence-electron chi connectivity index (χ2n) is 12.4. The van der Waals surface area contributed by atoms with E-state index in [1.165, 1.54) is 53.5 Å². The molecular weight excluding hydrogens is 652 g/mol. The van der Waals surface area contributed by atoms with Gasteiger partial charge >= 0.3 is 0 Å². The van der Waals surface area contributed by atoms with Crippen molar-refractivity contribution in [3.63, 3.8) is 0 Å². The summed E-state index contributed by atoms with van der Waals surface area (Å²) in [5.41, 5.74) is 4.36. The highest BCUT2D eigenvalue weighted by Crippen LogP contribution is 2.30. The lowest BCUT2D eigenvalue weighted by Gasteiger charge is -2.24. The van der Waals surface area contributed by atoms with Crippen LogP contribution in [0.1, 0.15) is 109 Å². The molecule has 0 saturated carbocycles. The van der Waals surface area contributed by atoms with E-state index in [-0.39, 0.29) is 23.0 Å². The first-order chi connectivity index (χ1) is 22.7.